The molecule has 1 fully saturated rings. The van der Waals surface area contributed by atoms with Crippen molar-refractivity contribution in [3.63, 3.8) is 0 Å². The van der Waals surface area contributed by atoms with Gasteiger partial charge in [0, 0.05) is 32.0 Å². The fourth-order valence-electron chi connectivity index (χ4n) is 5.26. The van der Waals surface area contributed by atoms with Crippen LogP contribution in [-0.2, 0) is 18.0 Å². The third kappa shape index (κ3) is 4.43. The molecular formula is C24H32N8O3Si. The van der Waals surface area contributed by atoms with Crippen LogP contribution in [0.5, 0.6) is 5.88 Å². The second-order valence-electron chi connectivity index (χ2n) is 11.1. The predicted octanol–water partition coefficient (Wildman–Crippen LogP) is 4.39. The van der Waals surface area contributed by atoms with E-state index in [-0.39, 0.29) is 0 Å². The molecule has 36 heavy (non-hydrogen) atoms. The van der Waals surface area contributed by atoms with Crippen LogP contribution in [0, 0.1) is 6.92 Å². The summed E-state index contributed by atoms with van der Waals surface area (Å²) in [5.41, 5.74) is 3.95. The lowest BCUT2D eigenvalue weighted by Gasteiger charge is -2.38. The normalized spacial score (nSPS) is 19.2. The van der Waals surface area contributed by atoms with Gasteiger partial charge in [0.25, 0.3) is 5.89 Å². The number of ether oxygens (including phenoxy) is 2. The van der Waals surface area contributed by atoms with Crippen molar-refractivity contribution in [1.29, 1.82) is 0 Å². The Balaban J connectivity index is 1.25. The zero-order chi connectivity index (χ0) is 24.9. The third-order valence-electron chi connectivity index (χ3n) is 7.13. The van der Waals surface area contributed by atoms with Crippen LogP contribution in [0.25, 0.3) is 17.4 Å². The highest BCUT2D eigenvalue weighted by Crippen LogP contribution is 2.53. The van der Waals surface area contributed by atoms with E-state index in [1.54, 1.807) is 11.4 Å². The maximum absolute atomic E-state index is 6.33. The van der Waals surface area contributed by atoms with Gasteiger partial charge in [0.05, 0.1) is 5.69 Å². The first-order valence-electron chi connectivity index (χ1n) is 12.7. The lowest BCUT2D eigenvalue weighted by Crippen LogP contribution is -2.25. The quantitative estimate of drug-likeness (QED) is 0.258. The van der Waals surface area contributed by atoms with Crippen LogP contribution in [-0.4, -0.2) is 54.6 Å². The fourth-order valence-corrected chi connectivity index (χ4v) is 6.02. The molecule has 4 heterocycles. The zero-order valence-corrected chi connectivity index (χ0v) is 22.2. The highest BCUT2D eigenvalue weighted by atomic mass is 28.3. The number of hydrogen-bond donors (Lipinski definition) is 1. The molecule has 0 radical (unpaired) electrons. The first-order valence-corrected chi connectivity index (χ1v) is 16.4. The smallest absolute Gasteiger partial charge is 0.297 e. The van der Waals surface area contributed by atoms with E-state index in [0.717, 1.165) is 55.5 Å². The van der Waals surface area contributed by atoms with Gasteiger partial charge in [-0.25, -0.2) is 4.98 Å². The summed E-state index contributed by atoms with van der Waals surface area (Å²) in [4.78, 5) is 12.2. The van der Waals surface area contributed by atoms with E-state index in [4.69, 9.17) is 19.1 Å². The number of H-pyrrole nitrogens is 1. The minimum Gasteiger partial charge on any atom is -0.470 e. The van der Waals surface area contributed by atoms with Gasteiger partial charge in [-0.15, -0.1) is 15.3 Å². The van der Waals surface area contributed by atoms with E-state index in [1.165, 1.54) is 11.1 Å². The molecule has 0 atom stereocenters. The second kappa shape index (κ2) is 9.07. The van der Waals surface area contributed by atoms with Gasteiger partial charge in [0.2, 0.25) is 11.7 Å². The number of rotatable bonds is 9. The maximum atomic E-state index is 6.33. The number of aryl methyl sites for hydroxylation is 1. The molecule has 0 saturated heterocycles. The predicted molar refractivity (Wildman–Crippen MR) is 133 cm³/mol. The largest absolute Gasteiger partial charge is 0.470 e. The second-order valence-corrected chi connectivity index (χ2v) is 16.7. The summed E-state index contributed by atoms with van der Waals surface area (Å²) in [5, 5.41) is 17.6. The van der Waals surface area contributed by atoms with Gasteiger partial charge in [0.1, 0.15) is 19.0 Å². The van der Waals surface area contributed by atoms with Crippen molar-refractivity contribution in [2.45, 2.75) is 83.3 Å². The first-order chi connectivity index (χ1) is 17.4. The SMILES string of the molecule is Cc1noc(-c2nnc3c4c(c(OCc5c[nH]c(COCC[Si](C)(C)C)n5)nn23)C2CCC4CC2)n1. The molecule has 2 bridgehead atoms. The van der Waals surface area contributed by atoms with Crippen LogP contribution in [0.4, 0.5) is 0 Å². The summed E-state index contributed by atoms with van der Waals surface area (Å²) < 4.78 is 19.2. The van der Waals surface area contributed by atoms with E-state index < -0.39 is 8.07 Å². The molecule has 0 unspecified atom stereocenters. The molecule has 4 aromatic rings. The Morgan fingerprint density at radius 2 is 1.83 bits per heavy atom. The van der Waals surface area contributed by atoms with Crippen molar-refractivity contribution in [2.24, 2.45) is 0 Å². The Morgan fingerprint density at radius 3 is 2.56 bits per heavy atom. The van der Waals surface area contributed by atoms with Gasteiger partial charge in [-0.05, 0) is 50.5 Å². The third-order valence-corrected chi connectivity index (χ3v) is 8.84. The number of aromatic amines is 1. The highest BCUT2D eigenvalue weighted by molar-refractivity contribution is 6.76. The van der Waals surface area contributed by atoms with Crippen molar-refractivity contribution < 1.29 is 14.0 Å². The highest BCUT2D eigenvalue weighted by Gasteiger charge is 2.39. The van der Waals surface area contributed by atoms with Crippen LogP contribution < -0.4 is 4.74 Å². The number of imidazole rings is 1. The Morgan fingerprint density at radius 1 is 1.06 bits per heavy atom. The Labute approximate surface area is 210 Å². The molecule has 11 nitrogen and oxygen atoms in total. The molecule has 3 aliphatic rings. The van der Waals surface area contributed by atoms with Gasteiger partial charge in [0.15, 0.2) is 11.5 Å². The van der Waals surface area contributed by atoms with Gasteiger partial charge < -0.3 is 19.0 Å². The van der Waals surface area contributed by atoms with E-state index in [9.17, 15) is 0 Å². The molecule has 3 aliphatic carbocycles. The van der Waals surface area contributed by atoms with Crippen LogP contribution in [0.2, 0.25) is 25.7 Å². The van der Waals surface area contributed by atoms with Crippen molar-refractivity contribution in [3.05, 3.63) is 34.7 Å². The van der Waals surface area contributed by atoms with E-state index in [0.29, 0.717) is 48.5 Å². The molecule has 7 rings (SSSR count). The molecule has 190 valence electrons. The van der Waals surface area contributed by atoms with Crippen LogP contribution in [0.15, 0.2) is 10.7 Å². The molecule has 4 aromatic heterocycles. The van der Waals surface area contributed by atoms with Crippen molar-refractivity contribution >= 4 is 13.7 Å². The van der Waals surface area contributed by atoms with E-state index in [2.05, 4.69) is 49.9 Å². The summed E-state index contributed by atoms with van der Waals surface area (Å²) in [6.07, 6.45) is 6.48. The maximum Gasteiger partial charge on any atom is 0.297 e. The Bertz CT molecular complexity index is 1380. The van der Waals surface area contributed by atoms with Gasteiger partial charge >= 0.3 is 0 Å². The van der Waals surface area contributed by atoms with Gasteiger partial charge in [-0.3, -0.25) is 0 Å². The molecule has 0 aliphatic heterocycles. The first kappa shape index (κ1) is 23.3. The average molecular weight is 509 g/mol. The summed E-state index contributed by atoms with van der Waals surface area (Å²) in [7, 11) is -1.10. The molecule has 0 amide bonds. The minimum absolute atomic E-state index is 0.297. The van der Waals surface area contributed by atoms with E-state index >= 15 is 0 Å². The summed E-state index contributed by atoms with van der Waals surface area (Å²) in [5.74, 6) is 3.54. The number of fused-ring (bicyclic) bond motifs is 3. The monoisotopic (exact) mass is 508 g/mol. The molecule has 12 heteroatoms. The summed E-state index contributed by atoms with van der Waals surface area (Å²) in [6, 6.07) is 1.14. The van der Waals surface area contributed by atoms with Gasteiger partial charge in [-0.1, -0.05) is 24.8 Å². The number of hydrogen-bond acceptors (Lipinski definition) is 9. The van der Waals surface area contributed by atoms with Crippen LogP contribution in [0.1, 0.15) is 66.0 Å². The Kier molecular flexibility index (Phi) is 5.87. The van der Waals surface area contributed by atoms with E-state index in [1.807, 2.05) is 6.20 Å². The van der Waals surface area contributed by atoms with Crippen molar-refractivity contribution in [3.8, 4) is 17.6 Å². The summed E-state index contributed by atoms with van der Waals surface area (Å²) >= 11 is 0. The number of nitrogens with zero attached hydrogens (tertiary/aromatic N) is 7. The zero-order valence-electron chi connectivity index (χ0n) is 21.2. The molecule has 1 N–H and O–H groups in total. The minimum atomic E-state index is -1.10. The molecule has 1 saturated carbocycles. The molecule has 0 spiro atoms. The lowest BCUT2D eigenvalue weighted by molar-refractivity contribution is 0.128. The lowest BCUT2D eigenvalue weighted by atomic mass is 9.67. The van der Waals surface area contributed by atoms with Crippen LogP contribution in [0.3, 0.4) is 0 Å². The number of nitrogens with one attached hydrogen (secondary N) is 1. The standard InChI is InChI=1S/C24H32N8O3Si/c1-14-26-24(35-31-14)22-29-28-21-19-15-5-7-16(8-6-15)20(19)23(30-32(21)22)34-12-17-11-25-18(27-17)13-33-9-10-36(2,3)4/h11,15-16H,5-10,12-13H2,1-4H3,(H,25,27). The summed E-state index contributed by atoms with van der Waals surface area (Å²) in [6.45, 7) is 10.4. The van der Waals surface area contributed by atoms with Crippen LogP contribution >= 0.6 is 0 Å². The molecular weight excluding hydrogens is 476 g/mol. The fraction of sp³-hybridized carbons (Fsp3) is 0.583. The van der Waals surface area contributed by atoms with Crippen molar-refractivity contribution in [2.75, 3.05) is 6.61 Å². The topological polar surface area (TPSA) is 129 Å². The van der Waals surface area contributed by atoms with Crippen molar-refractivity contribution in [1.82, 2.24) is 39.9 Å². The average Bonchev–Trinajstić information content (AvgIpc) is 3.60. The Hall–Kier alpha value is -3.12. The number of aromatic nitrogens is 8. The molecule has 0 aromatic carbocycles. The van der Waals surface area contributed by atoms with Gasteiger partial charge in [-0.2, -0.15) is 9.50 Å².